The van der Waals surface area contributed by atoms with Crippen LogP contribution in [0.2, 0.25) is 0 Å². The monoisotopic (exact) mass is 406 g/mol. The molecule has 6 nitrogen and oxygen atoms in total. The second kappa shape index (κ2) is 8.65. The van der Waals surface area contributed by atoms with E-state index in [0.29, 0.717) is 13.0 Å². The fraction of sp³-hybridized carbons (Fsp3) is 0.130. The molecule has 0 saturated carbocycles. The quantitative estimate of drug-likeness (QED) is 0.453. The van der Waals surface area contributed by atoms with Crippen LogP contribution in [0.1, 0.15) is 16.1 Å². The van der Waals surface area contributed by atoms with Crippen molar-refractivity contribution >= 4 is 22.8 Å². The minimum Gasteiger partial charge on any atom is -0.450 e. The molecule has 0 atom stereocenters. The van der Waals surface area contributed by atoms with Gasteiger partial charge in [0.15, 0.2) is 6.61 Å². The summed E-state index contributed by atoms with van der Waals surface area (Å²) in [5.74, 6) is -1.54. The van der Waals surface area contributed by atoms with E-state index in [1.54, 1.807) is 18.2 Å². The third kappa shape index (κ3) is 4.25. The van der Waals surface area contributed by atoms with Crippen LogP contribution in [0, 0.1) is 5.82 Å². The molecule has 0 aliphatic heterocycles. The van der Waals surface area contributed by atoms with Crippen molar-refractivity contribution in [1.82, 2.24) is 10.3 Å². The number of hydrogen-bond acceptors (Lipinski definition) is 4. The first-order chi connectivity index (χ1) is 14.6. The molecule has 0 fully saturated rings. The number of aromatic amines is 1. The summed E-state index contributed by atoms with van der Waals surface area (Å²) in [4.78, 5) is 27.2. The van der Waals surface area contributed by atoms with Crippen LogP contribution in [-0.4, -0.2) is 30.0 Å². The Kier molecular flexibility index (Phi) is 5.61. The first-order valence-electron chi connectivity index (χ1n) is 9.45. The highest BCUT2D eigenvalue weighted by molar-refractivity contribution is 5.89. The number of carbonyl (C=O) groups is 2. The summed E-state index contributed by atoms with van der Waals surface area (Å²) >= 11 is 0. The van der Waals surface area contributed by atoms with Gasteiger partial charge in [0, 0.05) is 23.6 Å². The lowest BCUT2D eigenvalue weighted by atomic mass is 10.1. The van der Waals surface area contributed by atoms with Gasteiger partial charge in [0.1, 0.15) is 11.6 Å². The molecule has 152 valence electrons. The lowest BCUT2D eigenvalue weighted by Crippen LogP contribution is -2.30. The number of fused-ring (bicyclic) bond motifs is 1. The van der Waals surface area contributed by atoms with Crippen molar-refractivity contribution in [3.63, 3.8) is 0 Å². The molecule has 4 rings (SSSR count). The predicted octanol–water partition coefficient (Wildman–Crippen LogP) is 4.08. The van der Waals surface area contributed by atoms with Gasteiger partial charge in [0.25, 0.3) is 5.91 Å². The average Bonchev–Trinajstić information content (AvgIpc) is 3.40. The zero-order valence-corrected chi connectivity index (χ0v) is 16.0. The average molecular weight is 406 g/mol. The molecule has 4 aromatic rings. The van der Waals surface area contributed by atoms with E-state index in [0.717, 1.165) is 16.5 Å². The minimum atomic E-state index is -0.788. The third-order valence-corrected chi connectivity index (χ3v) is 4.67. The number of aromatic nitrogens is 1. The molecule has 0 spiro atoms. The molecule has 7 heteroatoms. The molecule has 2 aromatic heterocycles. The van der Waals surface area contributed by atoms with Crippen molar-refractivity contribution in [3.05, 3.63) is 84.0 Å². The summed E-state index contributed by atoms with van der Waals surface area (Å²) in [6.45, 7) is -0.0150. The molecule has 0 unspecified atom stereocenters. The van der Waals surface area contributed by atoms with E-state index in [9.17, 15) is 14.0 Å². The minimum absolute atomic E-state index is 0.0974. The Morgan fingerprint density at radius 3 is 2.70 bits per heavy atom. The van der Waals surface area contributed by atoms with E-state index in [-0.39, 0.29) is 17.1 Å². The van der Waals surface area contributed by atoms with Crippen LogP contribution in [0.5, 0.6) is 0 Å². The molecule has 1 amide bonds. The smallest absolute Gasteiger partial charge is 0.374 e. The van der Waals surface area contributed by atoms with E-state index in [1.807, 2.05) is 30.5 Å². The van der Waals surface area contributed by atoms with Crippen molar-refractivity contribution in [3.8, 4) is 11.3 Å². The highest BCUT2D eigenvalue weighted by Gasteiger charge is 2.16. The summed E-state index contributed by atoms with van der Waals surface area (Å²) in [5.41, 5.74) is 2.38. The number of ether oxygens (including phenoxy) is 1. The normalized spacial score (nSPS) is 10.8. The van der Waals surface area contributed by atoms with Gasteiger partial charge in [-0.25, -0.2) is 9.18 Å². The topological polar surface area (TPSA) is 84.3 Å². The van der Waals surface area contributed by atoms with Crippen molar-refractivity contribution < 1.29 is 23.1 Å². The van der Waals surface area contributed by atoms with Crippen LogP contribution < -0.4 is 5.32 Å². The lowest BCUT2D eigenvalue weighted by molar-refractivity contribution is -0.124. The molecule has 0 bridgehead atoms. The number of halogens is 1. The van der Waals surface area contributed by atoms with E-state index in [4.69, 9.17) is 9.15 Å². The van der Waals surface area contributed by atoms with E-state index in [2.05, 4.69) is 10.3 Å². The van der Waals surface area contributed by atoms with Gasteiger partial charge in [-0.1, -0.05) is 30.3 Å². The third-order valence-electron chi connectivity index (χ3n) is 4.67. The molecule has 0 aliphatic rings. The van der Waals surface area contributed by atoms with Gasteiger partial charge >= 0.3 is 5.97 Å². The predicted molar refractivity (Wildman–Crippen MR) is 109 cm³/mol. The number of amides is 1. The molecule has 0 aliphatic carbocycles. The fourth-order valence-electron chi connectivity index (χ4n) is 3.18. The van der Waals surface area contributed by atoms with Gasteiger partial charge in [-0.15, -0.1) is 0 Å². The van der Waals surface area contributed by atoms with Crippen LogP contribution in [0.4, 0.5) is 4.39 Å². The zero-order valence-electron chi connectivity index (χ0n) is 16.0. The molecule has 2 heterocycles. The Hall–Kier alpha value is -3.87. The second-order valence-electron chi connectivity index (χ2n) is 6.68. The summed E-state index contributed by atoms with van der Waals surface area (Å²) < 4.78 is 24.2. The standard InChI is InChI=1S/C23H19FN2O4/c24-18-7-3-1-6-17(18)20-9-10-21(30-20)23(28)29-14-22(27)25-12-11-15-13-26-19-8-4-2-5-16(15)19/h1-10,13,26H,11-12,14H2,(H,25,27). The van der Waals surface area contributed by atoms with Crippen molar-refractivity contribution in [1.29, 1.82) is 0 Å². The maximum absolute atomic E-state index is 13.8. The number of nitrogens with one attached hydrogen (secondary N) is 2. The van der Waals surface area contributed by atoms with Crippen molar-refractivity contribution in [2.24, 2.45) is 0 Å². The number of hydrogen-bond donors (Lipinski definition) is 2. The van der Waals surface area contributed by atoms with Gasteiger partial charge in [0.05, 0.1) is 5.56 Å². The number of benzene rings is 2. The highest BCUT2D eigenvalue weighted by Crippen LogP contribution is 2.25. The molecular weight excluding hydrogens is 387 g/mol. The van der Waals surface area contributed by atoms with Crippen LogP contribution in [0.3, 0.4) is 0 Å². The summed E-state index contributed by atoms with van der Waals surface area (Å²) in [6, 6.07) is 16.9. The van der Waals surface area contributed by atoms with Crippen LogP contribution in [0.15, 0.2) is 71.3 Å². The Labute approximate surface area is 171 Å². The first kappa shape index (κ1) is 19.4. The molecule has 2 aromatic carbocycles. The lowest BCUT2D eigenvalue weighted by Gasteiger charge is -2.05. The Bertz CT molecular complexity index is 1190. The van der Waals surface area contributed by atoms with Crippen molar-refractivity contribution in [2.75, 3.05) is 13.2 Å². The molecule has 0 saturated heterocycles. The number of para-hydroxylation sites is 1. The second-order valence-corrected chi connectivity index (χ2v) is 6.68. The van der Waals surface area contributed by atoms with Gasteiger partial charge in [-0.3, -0.25) is 4.79 Å². The zero-order chi connectivity index (χ0) is 20.9. The number of esters is 1. The summed E-state index contributed by atoms with van der Waals surface area (Å²) in [6.07, 6.45) is 2.56. The van der Waals surface area contributed by atoms with Crippen LogP contribution >= 0.6 is 0 Å². The highest BCUT2D eigenvalue weighted by atomic mass is 19.1. The largest absolute Gasteiger partial charge is 0.450 e. The van der Waals surface area contributed by atoms with Crippen LogP contribution in [0.25, 0.3) is 22.2 Å². The first-order valence-corrected chi connectivity index (χ1v) is 9.45. The fourth-order valence-corrected chi connectivity index (χ4v) is 3.18. The Morgan fingerprint density at radius 1 is 1.03 bits per heavy atom. The molecule has 30 heavy (non-hydrogen) atoms. The maximum atomic E-state index is 13.8. The van der Waals surface area contributed by atoms with E-state index >= 15 is 0 Å². The van der Waals surface area contributed by atoms with Gasteiger partial charge in [0.2, 0.25) is 5.76 Å². The van der Waals surface area contributed by atoms with E-state index in [1.165, 1.54) is 18.2 Å². The number of carbonyl (C=O) groups excluding carboxylic acids is 2. The molecule has 0 radical (unpaired) electrons. The SMILES string of the molecule is O=C(COC(=O)c1ccc(-c2ccccc2F)o1)NCCc1c[nH]c2ccccc12. The van der Waals surface area contributed by atoms with E-state index < -0.39 is 24.3 Å². The molecule has 2 N–H and O–H groups in total. The molecular formula is C23H19FN2O4. The maximum Gasteiger partial charge on any atom is 0.374 e. The Balaban J connectivity index is 1.26. The summed E-state index contributed by atoms with van der Waals surface area (Å²) in [5, 5.41) is 3.83. The Morgan fingerprint density at radius 2 is 1.83 bits per heavy atom. The van der Waals surface area contributed by atoms with Gasteiger partial charge in [-0.05, 0) is 42.3 Å². The number of furan rings is 1. The summed E-state index contributed by atoms with van der Waals surface area (Å²) in [7, 11) is 0. The number of rotatable bonds is 7. The van der Waals surface area contributed by atoms with Gasteiger partial charge < -0.3 is 19.5 Å². The van der Waals surface area contributed by atoms with Gasteiger partial charge in [-0.2, -0.15) is 0 Å². The van der Waals surface area contributed by atoms with Crippen LogP contribution in [-0.2, 0) is 16.0 Å². The van der Waals surface area contributed by atoms with Crippen molar-refractivity contribution in [2.45, 2.75) is 6.42 Å². The number of H-pyrrole nitrogens is 1.